The second-order valence-corrected chi connectivity index (χ2v) is 11.0. The van der Waals surface area contributed by atoms with Crippen molar-refractivity contribution in [3.05, 3.63) is 119 Å². The summed E-state index contributed by atoms with van der Waals surface area (Å²) in [4.78, 5) is 32.2. The molecule has 0 aliphatic carbocycles. The van der Waals surface area contributed by atoms with Crippen LogP contribution in [-0.4, -0.2) is 30.9 Å². The number of aromatic nitrogens is 1. The smallest absolute Gasteiger partial charge is 0.338 e. The van der Waals surface area contributed by atoms with E-state index in [1.165, 1.54) is 11.3 Å². The van der Waals surface area contributed by atoms with Gasteiger partial charge in [-0.05, 0) is 68.3 Å². The Kier molecular flexibility index (Phi) is 9.33. The number of hydrogen-bond acceptors (Lipinski definition) is 8. The fourth-order valence-corrected chi connectivity index (χ4v) is 6.07. The van der Waals surface area contributed by atoms with E-state index in [9.17, 15) is 9.59 Å². The Morgan fingerprint density at radius 1 is 1.02 bits per heavy atom. The monoisotopic (exact) mass is 618 g/mol. The van der Waals surface area contributed by atoms with Crippen LogP contribution in [0.2, 0.25) is 5.02 Å². The van der Waals surface area contributed by atoms with Gasteiger partial charge in [-0.2, -0.15) is 0 Å². The molecule has 1 aromatic heterocycles. The van der Waals surface area contributed by atoms with Crippen molar-refractivity contribution in [3.63, 3.8) is 0 Å². The van der Waals surface area contributed by atoms with Gasteiger partial charge in [-0.15, -0.1) is 0 Å². The zero-order valence-corrected chi connectivity index (χ0v) is 25.8. The molecule has 2 heterocycles. The highest BCUT2D eigenvalue weighted by molar-refractivity contribution is 7.07. The fraction of sp³-hybridized carbons (Fsp3) is 0.242. The molecule has 4 aromatic rings. The van der Waals surface area contributed by atoms with E-state index in [0.717, 1.165) is 16.7 Å². The molecule has 1 unspecified atom stereocenters. The first-order valence-electron chi connectivity index (χ1n) is 13.8. The molecule has 1 aliphatic rings. The minimum atomic E-state index is -0.705. The second-order valence-electron chi connectivity index (χ2n) is 9.59. The van der Waals surface area contributed by atoms with Crippen LogP contribution in [0.5, 0.6) is 17.2 Å². The summed E-state index contributed by atoms with van der Waals surface area (Å²) in [7, 11) is 1.56. The number of carbonyl (C=O) groups excluding carboxylic acids is 1. The van der Waals surface area contributed by atoms with Crippen molar-refractivity contribution in [1.82, 2.24) is 4.57 Å². The van der Waals surface area contributed by atoms with Gasteiger partial charge in [0.2, 0.25) is 0 Å². The molecule has 0 saturated carbocycles. The minimum absolute atomic E-state index is 0.204. The lowest BCUT2D eigenvalue weighted by atomic mass is 9.96. The van der Waals surface area contributed by atoms with Crippen molar-refractivity contribution in [3.8, 4) is 17.2 Å². The lowest BCUT2D eigenvalue weighted by Crippen LogP contribution is -2.39. The van der Waals surface area contributed by atoms with Crippen molar-refractivity contribution in [2.75, 3.05) is 20.3 Å². The molecule has 0 saturated heterocycles. The van der Waals surface area contributed by atoms with Crippen molar-refractivity contribution in [2.45, 2.75) is 33.4 Å². The third kappa shape index (κ3) is 6.38. The first-order valence-corrected chi connectivity index (χ1v) is 15.0. The molecular weight excluding hydrogens is 588 g/mol. The summed E-state index contributed by atoms with van der Waals surface area (Å²) in [6.07, 6.45) is 1.78. The Bertz CT molecular complexity index is 1860. The molecule has 3 aromatic carbocycles. The predicted octanol–water partition coefficient (Wildman–Crippen LogP) is 5.44. The standard InChI is InChI=1S/C33H31ClN2O6S/c1-5-40-24-14-12-22(13-15-24)30-29(32(38)41-6-2)20(3)35-33-36(30)31(37)28(43-33)18-21-11-16-26(27(17-21)39-4)42-19-23-9-7-8-10-25(23)34/h7-18,30H,5-6,19H2,1-4H3. The van der Waals surface area contributed by atoms with Crippen LogP contribution >= 0.6 is 22.9 Å². The zero-order chi connectivity index (χ0) is 30.5. The van der Waals surface area contributed by atoms with Gasteiger partial charge in [-0.1, -0.05) is 59.3 Å². The predicted molar refractivity (Wildman–Crippen MR) is 167 cm³/mol. The van der Waals surface area contributed by atoms with E-state index in [0.29, 0.717) is 49.5 Å². The summed E-state index contributed by atoms with van der Waals surface area (Å²) in [5.74, 6) is 1.26. The maximum absolute atomic E-state index is 13.9. The molecule has 0 fully saturated rings. The number of thiazole rings is 1. The third-order valence-electron chi connectivity index (χ3n) is 6.85. The fourth-order valence-electron chi connectivity index (χ4n) is 4.84. The minimum Gasteiger partial charge on any atom is -0.494 e. The van der Waals surface area contributed by atoms with Crippen LogP contribution in [0.25, 0.3) is 6.08 Å². The molecule has 10 heteroatoms. The number of fused-ring (bicyclic) bond motifs is 1. The lowest BCUT2D eigenvalue weighted by molar-refractivity contribution is -0.139. The average Bonchev–Trinajstić information content (AvgIpc) is 3.30. The molecular formula is C33H31ClN2O6S. The van der Waals surface area contributed by atoms with Gasteiger partial charge in [-0.25, -0.2) is 9.79 Å². The van der Waals surface area contributed by atoms with Gasteiger partial charge in [0, 0.05) is 10.6 Å². The van der Waals surface area contributed by atoms with Crippen molar-refractivity contribution in [2.24, 2.45) is 4.99 Å². The molecule has 8 nitrogen and oxygen atoms in total. The summed E-state index contributed by atoms with van der Waals surface area (Å²) < 4.78 is 24.6. The SMILES string of the molecule is CCOC(=O)C1=C(C)N=c2sc(=Cc3ccc(OCc4ccccc4Cl)c(OC)c3)c(=O)n2C1c1ccc(OCC)cc1. The second kappa shape index (κ2) is 13.3. The van der Waals surface area contributed by atoms with E-state index in [2.05, 4.69) is 4.99 Å². The quantitative estimate of drug-likeness (QED) is 0.220. The van der Waals surface area contributed by atoms with Crippen LogP contribution in [0, 0.1) is 0 Å². The molecule has 5 rings (SSSR count). The summed E-state index contributed by atoms with van der Waals surface area (Å²) in [6.45, 7) is 6.43. The number of nitrogens with zero attached hydrogens (tertiary/aromatic N) is 2. The van der Waals surface area contributed by atoms with E-state index < -0.39 is 12.0 Å². The molecule has 1 aliphatic heterocycles. The maximum atomic E-state index is 13.9. The third-order valence-corrected chi connectivity index (χ3v) is 8.20. The summed E-state index contributed by atoms with van der Waals surface area (Å²) in [6, 6.07) is 19.6. The van der Waals surface area contributed by atoms with Crippen molar-refractivity contribution < 1.29 is 23.7 Å². The Balaban J connectivity index is 1.54. The van der Waals surface area contributed by atoms with Crippen LogP contribution in [0.1, 0.15) is 43.5 Å². The highest BCUT2D eigenvalue weighted by Gasteiger charge is 2.33. The number of halogens is 1. The topological polar surface area (TPSA) is 88.4 Å². The molecule has 43 heavy (non-hydrogen) atoms. The van der Waals surface area contributed by atoms with Gasteiger partial charge < -0.3 is 18.9 Å². The number of methoxy groups -OCH3 is 1. The van der Waals surface area contributed by atoms with Gasteiger partial charge in [0.25, 0.3) is 5.56 Å². The van der Waals surface area contributed by atoms with Crippen LogP contribution < -0.4 is 29.1 Å². The Morgan fingerprint density at radius 2 is 1.79 bits per heavy atom. The summed E-state index contributed by atoms with van der Waals surface area (Å²) in [5, 5.41) is 0.623. The van der Waals surface area contributed by atoms with Crippen molar-refractivity contribution in [1.29, 1.82) is 0 Å². The number of esters is 1. The largest absolute Gasteiger partial charge is 0.494 e. The Morgan fingerprint density at radius 3 is 2.49 bits per heavy atom. The van der Waals surface area contributed by atoms with E-state index in [1.54, 1.807) is 43.7 Å². The van der Waals surface area contributed by atoms with Crippen LogP contribution in [-0.2, 0) is 16.1 Å². The van der Waals surface area contributed by atoms with E-state index in [-0.39, 0.29) is 18.8 Å². The summed E-state index contributed by atoms with van der Waals surface area (Å²) >= 11 is 7.52. The van der Waals surface area contributed by atoms with Crippen LogP contribution in [0.4, 0.5) is 0 Å². The van der Waals surface area contributed by atoms with Crippen LogP contribution in [0.3, 0.4) is 0 Å². The normalized spacial score (nSPS) is 14.6. The zero-order valence-electron chi connectivity index (χ0n) is 24.3. The summed E-state index contributed by atoms with van der Waals surface area (Å²) in [5.41, 5.74) is 2.91. The average molecular weight is 619 g/mol. The van der Waals surface area contributed by atoms with E-state index >= 15 is 0 Å². The molecule has 0 bridgehead atoms. The molecule has 0 N–H and O–H groups in total. The van der Waals surface area contributed by atoms with Gasteiger partial charge in [-0.3, -0.25) is 9.36 Å². The van der Waals surface area contributed by atoms with E-state index in [1.807, 2.05) is 61.5 Å². The van der Waals surface area contributed by atoms with Gasteiger partial charge in [0.05, 0.1) is 42.2 Å². The number of rotatable bonds is 10. The first-order chi connectivity index (χ1) is 20.8. The molecule has 0 radical (unpaired) electrons. The lowest BCUT2D eigenvalue weighted by Gasteiger charge is -2.24. The maximum Gasteiger partial charge on any atom is 0.338 e. The van der Waals surface area contributed by atoms with Gasteiger partial charge in [0.15, 0.2) is 16.3 Å². The molecule has 1 atom stereocenters. The van der Waals surface area contributed by atoms with Gasteiger partial charge >= 0.3 is 5.97 Å². The van der Waals surface area contributed by atoms with Gasteiger partial charge in [0.1, 0.15) is 12.4 Å². The highest BCUT2D eigenvalue weighted by Crippen LogP contribution is 2.32. The first kappa shape index (κ1) is 30.1. The highest BCUT2D eigenvalue weighted by atomic mass is 35.5. The van der Waals surface area contributed by atoms with Crippen LogP contribution in [0.15, 0.2) is 87.8 Å². The van der Waals surface area contributed by atoms with Crippen molar-refractivity contribution >= 4 is 35.0 Å². The number of hydrogen-bond donors (Lipinski definition) is 0. The molecule has 0 spiro atoms. The number of benzene rings is 3. The van der Waals surface area contributed by atoms with E-state index in [4.69, 9.17) is 30.5 Å². The number of ether oxygens (including phenoxy) is 4. The Hall–Kier alpha value is -4.34. The number of carbonyl (C=O) groups is 1. The molecule has 0 amide bonds. The number of allylic oxidation sites excluding steroid dienone is 1. The molecule has 222 valence electrons. The Labute approximate surface area is 258 Å².